The molecule has 0 fully saturated rings. The Bertz CT molecular complexity index is 348. The summed E-state index contributed by atoms with van der Waals surface area (Å²) in [6.07, 6.45) is 1.84. The number of hydrogen-bond donors (Lipinski definition) is 1. The van der Waals surface area contributed by atoms with Crippen LogP contribution in [0.4, 0.5) is 0 Å². The molecule has 0 bridgehead atoms. The Morgan fingerprint density at radius 1 is 1.17 bits per heavy atom. The van der Waals surface area contributed by atoms with Crippen LogP contribution in [0.1, 0.15) is 25.0 Å². The molecule has 0 saturated carbocycles. The van der Waals surface area contributed by atoms with Gasteiger partial charge in [0.1, 0.15) is 5.76 Å². The van der Waals surface area contributed by atoms with Gasteiger partial charge in [0.25, 0.3) is 0 Å². The van der Waals surface area contributed by atoms with E-state index >= 15 is 0 Å². The second kappa shape index (κ2) is 2.13. The minimum atomic E-state index is -0.198. The molecule has 2 rings (SSSR count). The highest BCUT2D eigenvalue weighted by atomic mass is 16.3. The number of hydrogen-bond acceptors (Lipinski definition) is 1. The summed E-state index contributed by atoms with van der Waals surface area (Å²) < 4.78 is 0. The average Bonchev–Trinajstić information content (AvgIpc) is 2.25. The molecule has 0 heterocycles. The standard InChI is InChI=1S/C11H12O/c1-11(2)9-6-4-3-5-8(9)7-10(11)12/h3-7,12H,1-2H3. The topological polar surface area (TPSA) is 20.2 Å². The molecular weight excluding hydrogens is 148 g/mol. The van der Waals surface area contributed by atoms with E-state index in [1.54, 1.807) is 0 Å². The van der Waals surface area contributed by atoms with Crippen LogP contribution in [-0.2, 0) is 5.41 Å². The summed E-state index contributed by atoms with van der Waals surface area (Å²) in [7, 11) is 0. The molecule has 0 atom stereocenters. The fourth-order valence-electron chi connectivity index (χ4n) is 1.66. The van der Waals surface area contributed by atoms with Crippen molar-refractivity contribution in [2.24, 2.45) is 0 Å². The molecular formula is C11H12O. The van der Waals surface area contributed by atoms with Gasteiger partial charge >= 0.3 is 0 Å². The van der Waals surface area contributed by atoms with E-state index in [1.165, 1.54) is 5.56 Å². The predicted molar refractivity (Wildman–Crippen MR) is 50.1 cm³/mol. The predicted octanol–water partition coefficient (Wildman–Crippen LogP) is 2.88. The van der Waals surface area contributed by atoms with Crippen molar-refractivity contribution in [2.45, 2.75) is 19.3 Å². The first-order valence-corrected chi connectivity index (χ1v) is 4.13. The van der Waals surface area contributed by atoms with Gasteiger partial charge in [-0.2, -0.15) is 0 Å². The van der Waals surface area contributed by atoms with Gasteiger partial charge in [-0.05, 0) is 31.1 Å². The van der Waals surface area contributed by atoms with Crippen LogP contribution in [0.2, 0.25) is 0 Å². The van der Waals surface area contributed by atoms with Gasteiger partial charge in [-0.1, -0.05) is 24.3 Å². The van der Waals surface area contributed by atoms with E-state index in [0.717, 1.165) is 5.56 Å². The largest absolute Gasteiger partial charge is 0.511 e. The van der Waals surface area contributed by atoms with Crippen LogP contribution in [0.15, 0.2) is 30.0 Å². The zero-order valence-corrected chi connectivity index (χ0v) is 7.33. The van der Waals surface area contributed by atoms with Crippen molar-refractivity contribution < 1.29 is 5.11 Å². The maximum Gasteiger partial charge on any atom is 0.103 e. The van der Waals surface area contributed by atoms with E-state index in [0.29, 0.717) is 5.76 Å². The normalized spacial score (nSPS) is 18.7. The smallest absolute Gasteiger partial charge is 0.103 e. The third kappa shape index (κ3) is 0.795. The first kappa shape index (κ1) is 7.41. The van der Waals surface area contributed by atoms with Crippen molar-refractivity contribution in [2.75, 3.05) is 0 Å². The number of benzene rings is 1. The Morgan fingerprint density at radius 3 is 2.50 bits per heavy atom. The lowest BCUT2D eigenvalue weighted by atomic mass is 9.86. The molecule has 0 radical (unpaired) electrons. The minimum absolute atomic E-state index is 0.198. The molecule has 1 aromatic rings. The molecule has 62 valence electrons. The van der Waals surface area contributed by atoms with Crippen LogP contribution in [-0.4, -0.2) is 5.11 Å². The molecule has 12 heavy (non-hydrogen) atoms. The van der Waals surface area contributed by atoms with Crippen molar-refractivity contribution in [3.8, 4) is 0 Å². The van der Waals surface area contributed by atoms with E-state index in [1.807, 2.05) is 38.1 Å². The number of rotatable bonds is 0. The van der Waals surface area contributed by atoms with Gasteiger partial charge in [0.2, 0.25) is 0 Å². The summed E-state index contributed by atoms with van der Waals surface area (Å²) in [5, 5.41) is 9.64. The first-order valence-electron chi connectivity index (χ1n) is 4.13. The summed E-state index contributed by atoms with van der Waals surface area (Å²) in [4.78, 5) is 0. The van der Waals surface area contributed by atoms with E-state index in [9.17, 15) is 5.11 Å². The van der Waals surface area contributed by atoms with E-state index in [2.05, 4.69) is 6.07 Å². The van der Waals surface area contributed by atoms with Crippen LogP contribution in [0.3, 0.4) is 0 Å². The van der Waals surface area contributed by atoms with Crippen LogP contribution in [0.25, 0.3) is 6.08 Å². The summed E-state index contributed by atoms with van der Waals surface area (Å²) in [5.74, 6) is 0.462. The molecule has 1 heteroatoms. The quantitative estimate of drug-likeness (QED) is 0.618. The summed E-state index contributed by atoms with van der Waals surface area (Å²) >= 11 is 0. The molecule has 1 aromatic carbocycles. The number of allylic oxidation sites excluding steroid dienone is 1. The number of fused-ring (bicyclic) bond motifs is 1. The van der Waals surface area contributed by atoms with Gasteiger partial charge in [0.15, 0.2) is 0 Å². The molecule has 0 unspecified atom stereocenters. The molecule has 1 aliphatic rings. The molecule has 1 nitrogen and oxygen atoms in total. The lowest BCUT2D eigenvalue weighted by molar-refractivity contribution is 0.332. The van der Waals surface area contributed by atoms with Crippen molar-refractivity contribution >= 4 is 6.08 Å². The zero-order chi connectivity index (χ0) is 8.77. The highest BCUT2D eigenvalue weighted by molar-refractivity contribution is 5.66. The second-order valence-corrected chi connectivity index (χ2v) is 3.74. The van der Waals surface area contributed by atoms with Crippen molar-refractivity contribution in [1.82, 2.24) is 0 Å². The SMILES string of the molecule is CC1(C)C(O)=Cc2ccccc21. The monoisotopic (exact) mass is 160 g/mol. The summed E-state index contributed by atoms with van der Waals surface area (Å²) in [5.41, 5.74) is 2.15. The van der Waals surface area contributed by atoms with Crippen molar-refractivity contribution in [3.63, 3.8) is 0 Å². The Morgan fingerprint density at radius 2 is 1.83 bits per heavy atom. The minimum Gasteiger partial charge on any atom is -0.511 e. The molecule has 0 spiro atoms. The fraction of sp³-hybridized carbons (Fsp3) is 0.273. The number of aliphatic hydroxyl groups is 1. The third-order valence-electron chi connectivity index (χ3n) is 2.57. The maximum absolute atomic E-state index is 9.64. The van der Waals surface area contributed by atoms with Gasteiger partial charge in [-0.25, -0.2) is 0 Å². The van der Waals surface area contributed by atoms with E-state index in [-0.39, 0.29) is 5.41 Å². The number of aliphatic hydroxyl groups excluding tert-OH is 1. The second-order valence-electron chi connectivity index (χ2n) is 3.74. The van der Waals surface area contributed by atoms with Gasteiger partial charge < -0.3 is 5.11 Å². The van der Waals surface area contributed by atoms with Gasteiger partial charge in [-0.3, -0.25) is 0 Å². The molecule has 0 aromatic heterocycles. The fourth-order valence-corrected chi connectivity index (χ4v) is 1.66. The van der Waals surface area contributed by atoms with Crippen LogP contribution < -0.4 is 0 Å². The average molecular weight is 160 g/mol. The van der Waals surface area contributed by atoms with Crippen molar-refractivity contribution in [1.29, 1.82) is 0 Å². The molecule has 0 aliphatic heterocycles. The highest BCUT2D eigenvalue weighted by Gasteiger charge is 2.32. The molecule has 1 N–H and O–H groups in total. The van der Waals surface area contributed by atoms with Gasteiger partial charge in [0, 0.05) is 5.41 Å². The summed E-state index contributed by atoms with van der Waals surface area (Å²) in [6, 6.07) is 8.09. The molecule has 0 saturated heterocycles. The third-order valence-corrected chi connectivity index (χ3v) is 2.57. The zero-order valence-electron chi connectivity index (χ0n) is 7.33. The van der Waals surface area contributed by atoms with Crippen LogP contribution in [0, 0.1) is 0 Å². The lowest BCUT2D eigenvalue weighted by Crippen LogP contribution is -2.16. The summed E-state index contributed by atoms with van der Waals surface area (Å²) in [6.45, 7) is 4.06. The van der Waals surface area contributed by atoms with Crippen LogP contribution in [0.5, 0.6) is 0 Å². The van der Waals surface area contributed by atoms with Crippen molar-refractivity contribution in [3.05, 3.63) is 41.2 Å². The molecule has 1 aliphatic carbocycles. The Labute approximate surface area is 72.4 Å². The van der Waals surface area contributed by atoms with Gasteiger partial charge in [0.05, 0.1) is 0 Å². The first-order chi connectivity index (χ1) is 5.62. The Balaban J connectivity index is 2.66. The molecule has 0 amide bonds. The highest BCUT2D eigenvalue weighted by Crippen LogP contribution is 2.39. The Hall–Kier alpha value is -1.24. The maximum atomic E-state index is 9.64. The van der Waals surface area contributed by atoms with Gasteiger partial charge in [-0.15, -0.1) is 0 Å². The lowest BCUT2D eigenvalue weighted by Gasteiger charge is -2.19. The van der Waals surface area contributed by atoms with Crippen LogP contribution >= 0.6 is 0 Å². The van der Waals surface area contributed by atoms with E-state index in [4.69, 9.17) is 0 Å². The van der Waals surface area contributed by atoms with E-state index < -0.39 is 0 Å². The Kier molecular flexibility index (Phi) is 1.31.